The summed E-state index contributed by atoms with van der Waals surface area (Å²) < 4.78 is 5.68. The molecule has 0 fully saturated rings. The Hall–Kier alpha value is -1.80. The summed E-state index contributed by atoms with van der Waals surface area (Å²) in [6.07, 6.45) is 1.07. The fraction of sp³-hybridized carbons (Fsp3) is 0.368. The van der Waals surface area contributed by atoms with Crippen LogP contribution >= 0.6 is 0 Å². The van der Waals surface area contributed by atoms with Gasteiger partial charge < -0.3 is 10.1 Å². The number of benzene rings is 2. The van der Waals surface area contributed by atoms with Gasteiger partial charge in [0.05, 0.1) is 6.61 Å². The van der Waals surface area contributed by atoms with E-state index in [1.807, 2.05) is 19.1 Å². The first-order valence-corrected chi connectivity index (χ1v) is 7.75. The van der Waals surface area contributed by atoms with Crippen molar-refractivity contribution in [3.8, 4) is 5.75 Å². The van der Waals surface area contributed by atoms with Crippen LogP contribution in [0.3, 0.4) is 0 Å². The maximum Gasteiger partial charge on any atom is 0.123 e. The van der Waals surface area contributed by atoms with Gasteiger partial charge in [-0.1, -0.05) is 55.0 Å². The molecule has 0 aliphatic rings. The molecule has 1 atom stereocenters. The van der Waals surface area contributed by atoms with Crippen molar-refractivity contribution in [2.45, 2.75) is 39.8 Å². The predicted molar refractivity (Wildman–Crippen MR) is 88.7 cm³/mol. The maximum atomic E-state index is 5.68. The average molecular weight is 283 g/mol. The Morgan fingerprint density at radius 2 is 1.71 bits per heavy atom. The minimum atomic E-state index is 0.375. The second-order valence-corrected chi connectivity index (χ2v) is 5.29. The van der Waals surface area contributed by atoms with E-state index in [1.165, 1.54) is 16.7 Å². The number of hydrogen-bond donors (Lipinski definition) is 1. The van der Waals surface area contributed by atoms with Crippen LogP contribution in [0.15, 0.2) is 48.5 Å². The Kier molecular flexibility index (Phi) is 5.82. The Morgan fingerprint density at radius 3 is 2.38 bits per heavy atom. The van der Waals surface area contributed by atoms with Crippen LogP contribution in [0, 0.1) is 6.92 Å². The van der Waals surface area contributed by atoms with Crippen LogP contribution in [-0.4, -0.2) is 6.61 Å². The molecule has 2 rings (SSSR count). The maximum absolute atomic E-state index is 5.68. The van der Waals surface area contributed by atoms with Crippen LogP contribution in [-0.2, 0) is 6.54 Å². The van der Waals surface area contributed by atoms with E-state index in [4.69, 9.17) is 4.74 Å². The quantitative estimate of drug-likeness (QED) is 0.799. The van der Waals surface area contributed by atoms with Gasteiger partial charge in [0.2, 0.25) is 0 Å². The largest absolute Gasteiger partial charge is 0.494 e. The smallest absolute Gasteiger partial charge is 0.123 e. The van der Waals surface area contributed by atoms with Gasteiger partial charge in [0, 0.05) is 18.2 Å². The first-order valence-electron chi connectivity index (χ1n) is 7.75. The van der Waals surface area contributed by atoms with Crippen LogP contribution in [0.2, 0.25) is 0 Å². The lowest BCUT2D eigenvalue weighted by atomic mass is 10.0. The third kappa shape index (κ3) is 4.33. The number of hydrogen-bond acceptors (Lipinski definition) is 2. The van der Waals surface area contributed by atoms with Crippen molar-refractivity contribution in [2.75, 3.05) is 6.61 Å². The summed E-state index contributed by atoms with van der Waals surface area (Å²) in [6, 6.07) is 17.4. The third-order valence-electron chi connectivity index (χ3n) is 3.70. The molecule has 0 saturated carbocycles. The summed E-state index contributed by atoms with van der Waals surface area (Å²) in [5.74, 6) is 0.978. The molecule has 0 radical (unpaired) electrons. The van der Waals surface area contributed by atoms with Gasteiger partial charge in [-0.25, -0.2) is 0 Å². The van der Waals surface area contributed by atoms with Crippen LogP contribution in [0.25, 0.3) is 0 Å². The first-order chi connectivity index (χ1) is 10.2. The lowest BCUT2D eigenvalue weighted by Gasteiger charge is -2.19. The summed E-state index contributed by atoms with van der Waals surface area (Å²) in [7, 11) is 0. The second-order valence-electron chi connectivity index (χ2n) is 5.29. The third-order valence-corrected chi connectivity index (χ3v) is 3.70. The Balaban J connectivity index is 2.05. The van der Waals surface area contributed by atoms with E-state index in [0.717, 1.165) is 18.7 Å². The highest BCUT2D eigenvalue weighted by atomic mass is 16.5. The molecule has 1 unspecified atom stereocenters. The number of ether oxygens (including phenoxy) is 1. The van der Waals surface area contributed by atoms with E-state index in [0.29, 0.717) is 12.6 Å². The van der Waals surface area contributed by atoms with Gasteiger partial charge in [-0.3, -0.25) is 0 Å². The molecule has 2 heteroatoms. The second kappa shape index (κ2) is 7.84. The molecular formula is C19H25NO. The van der Waals surface area contributed by atoms with Crippen molar-refractivity contribution in [1.82, 2.24) is 5.32 Å². The van der Waals surface area contributed by atoms with E-state index < -0.39 is 0 Å². The molecule has 112 valence electrons. The molecule has 0 aliphatic heterocycles. The van der Waals surface area contributed by atoms with Crippen molar-refractivity contribution in [3.05, 3.63) is 65.2 Å². The lowest BCUT2D eigenvalue weighted by Crippen LogP contribution is -2.20. The molecule has 0 heterocycles. The van der Waals surface area contributed by atoms with Gasteiger partial charge >= 0.3 is 0 Å². The van der Waals surface area contributed by atoms with Gasteiger partial charge in [-0.05, 0) is 31.9 Å². The predicted octanol–water partition coefficient (Wildman–Crippen LogP) is 4.63. The van der Waals surface area contributed by atoms with Gasteiger partial charge in [0.1, 0.15) is 5.75 Å². The van der Waals surface area contributed by atoms with Gasteiger partial charge in [0.15, 0.2) is 0 Å². The summed E-state index contributed by atoms with van der Waals surface area (Å²) in [5, 5.41) is 3.64. The molecular weight excluding hydrogens is 258 g/mol. The van der Waals surface area contributed by atoms with Crippen molar-refractivity contribution in [2.24, 2.45) is 0 Å². The Morgan fingerprint density at radius 1 is 1.00 bits per heavy atom. The van der Waals surface area contributed by atoms with Crippen LogP contribution in [0.4, 0.5) is 0 Å². The summed E-state index contributed by atoms with van der Waals surface area (Å²) >= 11 is 0. The highest BCUT2D eigenvalue weighted by Gasteiger charge is 2.10. The van der Waals surface area contributed by atoms with E-state index in [-0.39, 0.29) is 0 Å². The number of para-hydroxylation sites is 1. The zero-order valence-corrected chi connectivity index (χ0v) is 13.2. The van der Waals surface area contributed by atoms with Crippen molar-refractivity contribution in [3.63, 3.8) is 0 Å². The minimum absolute atomic E-state index is 0.375. The zero-order valence-electron chi connectivity index (χ0n) is 13.2. The SMILES string of the molecule is CCOc1ccccc1CNC(CC)c1ccc(C)cc1. The van der Waals surface area contributed by atoms with E-state index >= 15 is 0 Å². The first kappa shape index (κ1) is 15.6. The molecule has 0 aliphatic carbocycles. The van der Waals surface area contributed by atoms with Gasteiger partial charge in [0.25, 0.3) is 0 Å². The molecule has 2 nitrogen and oxygen atoms in total. The number of nitrogens with one attached hydrogen (secondary N) is 1. The van der Waals surface area contributed by atoms with Crippen LogP contribution in [0.1, 0.15) is 43.0 Å². The van der Waals surface area contributed by atoms with Crippen LogP contribution < -0.4 is 10.1 Å². The monoisotopic (exact) mass is 283 g/mol. The zero-order chi connectivity index (χ0) is 15.1. The normalized spacial score (nSPS) is 12.1. The lowest BCUT2D eigenvalue weighted by molar-refractivity contribution is 0.334. The topological polar surface area (TPSA) is 21.3 Å². The summed E-state index contributed by atoms with van der Waals surface area (Å²) in [6.45, 7) is 7.88. The molecule has 0 aromatic heterocycles. The molecule has 0 bridgehead atoms. The van der Waals surface area contributed by atoms with Gasteiger partial charge in [-0.15, -0.1) is 0 Å². The fourth-order valence-corrected chi connectivity index (χ4v) is 2.48. The number of rotatable bonds is 7. The van der Waals surface area contributed by atoms with E-state index in [2.05, 4.69) is 55.6 Å². The summed E-state index contributed by atoms with van der Waals surface area (Å²) in [4.78, 5) is 0. The molecule has 0 saturated heterocycles. The number of aryl methyl sites for hydroxylation is 1. The molecule has 21 heavy (non-hydrogen) atoms. The van der Waals surface area contributed by atoms with Crippen molar-refractivity contribution in [1.29, 1.82) is 0 Å². The standard InChI is InChI=1S/C19H25NO/c1-4-18(16-12-10-15(3)11-13-16)20-14-17-8-6-7-9-19(17)21-5-2/h6-13,18,20H,4-5,14H2,1-3H3. The average Bonchev–Trinajstić information content (AvgIpc) is 2.51. The van der Waals surface area contributed by atoms with Crippen molar-refractivity contribution >= 4 is 0 Å². The molecule has 1 N–H and O–H groups in total. The molecule has 0 amide bonds. The molecule has 2 aromatic carbocycles. The van der Waals surface area contributed by atoms with E-state index in [9.17, 15) is 0 Å². The molecule has 2 aromatic rings. The summed E-state index contributed by atoms with van der Waals surface area (Å²) in [5.41, 5.74) is 3.86. The van der Waals surface area contributed by atoms with Gasteiger partial charge in [-0.2, -0.15) is 0 Å². The van der Waals surface area contributed by atoms with Crippen LogP contribution in [0.5, 0.6) is 5.75 Å². The van der Waals surface area contributed by atoms with E-state index in [1.54, 1.807) is 0 Å². The minimum Gasteiger partial charge on any atom is -0.494 e. The Labute approximate surface area is 128 Å². The Bertz CT molecular complexity index is 548. The fourth-order valence-electron chi connectivity index (χ4n) is 2.48. The highest BCUT2D eigenvalue weighted by molar-refractivity contribution is 5.33. The highest BCUT2D eigenvalue weighted by Crippen LogP contribution is 2.21. The molecule has 0 spiro atoms. The van der Waals surface area contributed by atoms with Crippen molar-refractivity contribution < 1.29 is 4.74 Å².